The molecule has 0 bridgehead atoms. The molecule has 1 saturated heterocycles. The van der Waals surface area contributed by atoms with Crippen molar-refractivity contribution in [3.63, 3.8) is 0 Å². The van der Waals surface area contributed by atoms with Crippen LogP contribution in [0.2, 0.25) is 0 Å². The number of likely N-dealkylation sites (tertiary alicyclic amines) is 1. The minimum atomic E-state index is -0.222. The normalized spacial score (nSPS) is 22.5. The summed E-state index contributed by atoms with van der Waals surface area (Å²) in [7, 11) is 0. The van der Waals surface area contributed by atoms with Crippen LogP contribution in [-0.4, -0.2) is 54.3 Å². The van der Waals surface area contributed by atoms with Crippen LogP contribution in [0.5, 0.6) is 0 Å². The number of nitrogens with one attached hydrogen (secondary N) is 1. The lowest BCUT2D eigenvalue weighted by atomic mass is 10.0. The lowest BCUT2D eigenvalue weighted by Gasteiger charge is -2.37. The number of urea groups is 1. The second-order valence-electron chi connectivity index (χ2n) is 9.08. The van der Waals surface area contributed by atoms with E-state index in [1.165, 1.54) is 12.8 Å². The Morgan fingerprint density at radius 1 is 1.17 bits per heavy atom. The molecule has 2 heterocycles. The van der Waals surface area contributed by atoms with Gasteiger partial charge in [0.25, 0.3) is 5.91 Å². The van der Waals surface area contributed by atoms with E-state index in [2.05, 4.69) is 5.32 Å². The zero-order valence-corrected chi connectivity index (χ0v) is 17.7. The number of carbonyl (C=O) groups is 3. The van der Waals surface area contributed by atoms with E-state index in [1.54, 1.807) is 17.0 Å². The van der Waals surface area contributed by atoms with Crippen LogP contribution < -0.4 is 16.0 Å². The summed E-state index contributed by atoms with van der Waals surface area (Å²) in [4.78, 5) is 42.0. The number of Topliss-reactive ketones (excluding diaryl/α,β-unsaturated/α-hetero) is 1. The highest BCUT2D eigenvalue weighted by Gasteiger charge is 2.34. The summed E-state index contributed by atoms with van der Waals surface area (Å²) in [5.41, 5.74) is 8.02. The van der Waals surface area contributed by atoms with Crippen molar-refractivity contribution < 1.29 is 14.4 Å². The van der Waals surface area contributed by atoms with Crippen molar-refractivity contribution in [1.29, 1.82) is 0 Å². The lowest BCUT2D eigenvalue weighted by molar-refractivity contribution is -0.118. The first-order chi connectivity index (χ1) is 14.4. The van der Waals surface area contributed by atoms with E-state index in [0.29, 0.717) is 31.6 Å². The van der Waals surface area contributed by atoms with Gasteiger partial charge in [0.05, 0.1) is 0 Å². The molecule has 0 aromatic heterocycles. The van der Waals surface area contributed by atoms with E-state index in [1.807, 2.05) is 17.9 Å². The first-order valence-electron chi connectivity index (χ1n) is 11.2. The third-order valence-corrected chi connectivity index (χ3v) is 6.50. The highest BCUT2D eigenvalue weighted by Crippen LogP contribution is 2.32. The molecule has 1 aromatic carbocycles. The molecule has 0 unspecified atom stereocenters. The molecule has 1 aliphatic carbocycles. The van der Waals surface area contributed by atoms with Gasteiger partial charge in [0.2, 0.25) is 0 Å². The standard InChI is InChI=1S/C23H32N4O3/c1-15-12-20(28)14-18-13-17(22(29)25-9-6-16-2-3-16)4-5-21(18)27(15)23(30)26-10-7-19(24)8-11-26/h4-5,13,15-16,19H,2-3,6-12,14,24H2,1H3,(H,25,29)/t15-/m1/s1. The number of carbonyl (C=O) groups excluding carboxylic acids is 3. The van der Waals surface area contributed by atoms with Gasteiger partial charge in [-0.3, -0.25) is 14.5 Å². The zero-order chi connectivity index (χ0) is 21.3. The number of benzene rings is 1. The Bertz CT molecular complexity index is 828. The summed E-state index contributed by atoms with van der Waals surface area (Å²) in [5, 5.41) is 2.98. The van der Waals surface area contributed by atoms with Crippen LogP contribution in [0.3, 0.4) is 0 Å². The number of rotatable bonds is 4. The molecule has 1 saturated carbocycles. The van der Waals surface area contributed by atoms with Crippen molar-refractivity contribution in [2.45, 2.75) is 64.0 Å². The largest absolute Gasteiger partial charge is 0.352 e. The van der Waals surface area contributed by atoms with Crippen LogP contribution in [0.1, 0.15) is 61.4 Å². The number of amides is 3. The van der Waals surface area contributed by atoms with Crippen molar-refractivity contribution >= 4 is 23.4 Å². The van der Waals surface area contributed by atoms with Gasteiger partial charge in [0.1, 0.15) is 5.78 Å². The number of fused-ring (bicyclic) bond motifs is 1. The van der Waals surface area contributed by atoms with Crippen molar-refractivity contribution in [2.75, 3.05) is 24.5 Å². The summed E-state index contributed by atoms with van der Waals surface area (Å²) in [5.74, 6) is 0.734. The number of ketones is 1. The molecular formula is C23H32N4O3. The maximum Gasteiger partial charge on any atom is 0.324 e. The number of anilines is 1. The third-order valence-electron chi connectivity index (χ3n) is 6.50. The second kappa shape index (κ2) is 8.76. The quantitative estimate of drug-likeness (QED) is 0.794. The average molecular weight is 413 g/mol. The number of hydrogen-bond donors (Lipinski definition) is 2. The molecule has 162 valence electrons. The zero-order valence-electron chi connectivity index (χ0n) is 17.7. The molecule has 2 fully saturated rings. The van der Waals surface area contributed by atoms with Gasteiger partial charge >= 0.3 is 6.03 Å². The molecular weight excluding hydrogens is 380 g/mol. The van der Waals surface area contributed by atoms with Crippen molar-refractivity contribution in [1.82, 2.24) is 10.2 Å². The SMILES string of the molecule is C[C@@H]1CC(=O)Cc2cc(C(=O)NCCC3CC3)ccc2N1C(=O)N1CCC(N)CC1. The summed E-state index contributed by atoms with van der Waals surface area (Å²) < 4.78 is 0. The van der Waals surface area contributed by atoms with E-state index >= 15 is 0 Å². The fraction of sp³-hybridized carbons (Fsp3) is 0.609. The Balaban J connectivity index is 1.54. The van der Waals surface area contributed by atoms with Crippen LogP contribution in [0.4, 0.5) is 10.5 Å². The van der Waals surface area contributed by atoms with E-state index in [0.717, 1.165) is 36.4 Å². The van der Waals surface area contributed by atoms with E-state index < -0.39 is 0 Å². The lowest BCUT2D eigenvalue weighted by Crippen LogP contribution is -2.51. The second-order valence-corrected chi connectivity index (χ2v) is 9.08. The Morgan fingerprint density at radius 3 is 2.60 bits per heavy atom. The first kappa shape index (κ1) is 20.8. The van der Waals surface area contributed by atoms with Gasteiger partial charge < -0.3 is 16.0 Å². The number of nitrogens with zero attached hydrogens (tertiary/aromatic N) is 2. The number of nitrogens with two attached hydrogens (primary N) is 1. The molecule has 1 aromatic rings. The van der Waals surface area contributed by atoms with Gasteiger partial charge in [-0.15, -0.1) is 0 Å². The van der Waals surface area contributed by atoms with Crippen LogP contribution in [0.25, 0.3) is 0 Å². The Labute approximate surface area is 178 Å². The van der Waals surface area contributed by atoms with Gasteiger partial charge in [-0.2, -0.15) is 0 Å². The predicted molar refractivity (Wildman–Crippen MR) is 116 cm³/mol. The molecule has 1 atom stereocenters. The first-order valence-corrected chi connectivity index (χ1v) is 11.2. The summed E-state index contributed by atoms with van der Waals surface area (Å²) >= 11 is 0. The smallest absolute Gasteiger partial charge is 0.324 e. The Hall–Kier alpha value is -2.41. The summed E-state index contributed by atoms with van der Waals surface area (Å²) in [6, 6.07) is 5.22. The van der Waals surface area contributed by atoms with Crippen molar-refractivity contribution in [3.05, 3.63) is 29.3 Å². The van der Waals surface area contributed by atoms with Crippen LogP contribution >= 0.6 is 0 Å². The topological polar surface area (TPSA) is 95.7 Å². The van der Waals surface area contributed by atoms with Gasteiger partial charge in [-0.1, -0.05) is 12.8 Å². The van der Waals surface area contributed by atoms with E-state index in [9.17, 15) is 14.4 Å². The van der Waals surface area contributed by atoms with Gasteiger partial charge in [0.15, 0.2) is 0 Å². The molecule has 2 aliphatic heterocycles. The highest BCUT2D eigenvalue weighted by molar-refractivity contribution is 6.00. The summed E-state index contributed by atoms with van der Waals surface area (Å²) in [6.45, 7) is 3.86. The maximum absolute atomic E-state index is 13.3. The van der Waals surface area contributed by atoms with Crippen molar-refractivity contribution in [2.24, 2.45) is 11.7 Å². The molecule has 30 heavy (non-hydrogen) atoms. The molecule has 3 N–H and O–H groups in total. The molecule has 0 radical (unpaired) electrons. The molecule has 7 nitrogen and oxygen atoms in total. The molecule has 3 amide bonds. The fourth-order valence-electron chi connectivity index (χ4n) is 4.48. The summed E-state index contributed by atoms with van der Waals surface area (Å²) in [6.07, 6.45) is 5.70. The molecule has 7 heteroatoms. The third kappa shape index (κ3) is 4.67. The van der Waals surface area contributed by atoms with E-state index in [-0.39, 0.29) is 36.2 Å². The minimum absolute atomic E-state index is 0.0769. The minimum Gasteiger partial charge on any atom is -0.352 e. The Kier molecular flexibility index (Phi) is 6.09. The van der Waals surface area contributed by atoms with Gasteiger partial charge in [0, 0.05) is 55.8 Å². The van der Waals surface area contributed by atoms with Crippen LogP contribution in [-0.2, 0) is 11.2 Å². The van der Waals surface area contributed by atoms with Crippen molar-refractivity contribution in [3.8, 4) is 0 Å². The fourth-order valence-corrected chi connectivity index (χ4v) is 4.48. The molecule has 4 rings (SSSR count). The average Bonchev–Trinajstić information content (AvgIpc) is 3.54. The Morgan fingerprint density at radius 2 is 1.90 bits per heavy atom. The number of piperidine rings is 1. The van der Waals surface area contributed by atoms with Gasteiger partial charge in [-0.25, -0.2) is 4.79 Å². The molecule has 3 aliphatic rings. The predicted octanol–water partition coefficient (Wildman–Crippen LogP) is 2.47. The maximum atomic E-state index is 13.3. The highest BCUT2D eigenvalue weighted by atomic mass is 16.2. The monoisotopic (exact) mass is 412 g/mol. The van der Waals surface area contributed by atoms with E-state index in [4.69, 9.17) is 5.73 Å². The van der Waals surface area contributed by atoms with Crippen LogP contribution in [0.15, 0.2) is 18.2 Å². The van der Waals surface area contributed by atoms with Gasteiger partial charge in [-0.05, 0) is 55.9 Å². The molecule has 0 spiro atoms. The van der Waals surface area contributed by atoms with Crippen LogP contribution in [0, 0.1) is 5.92 Å². The number of hydrogen-bond acceptors (Lipinski definition) is 4.